The van der Waals surface area contributed by atoms with E-state index < -0.39 is 21.3 Å². The van der Waals surface area contributed by atoms with Crippen molar-refractivity contribution >= 4 is 15.8 Å². The lowest BCUT2D eigenvalue weighted by molar-refractivity contribution is -0.384. The van der Waals surface area contributed by atoms with Gasteiger partial charge in [-0.2, -0.15) is 8.42 Å². The Morgan fingerprint density at radius 2 is 1.61 bits per heavy atom. The standard InChI is InChI=1S/C15H15NO6S/c1-11-3-9-15(10-4-11)23(19,20)22-12(2)21-14-7-5-13(6-8-14)16(17)18/h3-10,12H,1-2H3. The number of ether oxygens (including phenoxy) is 1. The summed E-state index contributed by atoms with van der Waals surface area (Å²) < 4.78 is 34.5. The molecule has 2 rings (SSSR count). The van der Waals surface area contributed by atoms with Crippen LogP contribution in [0.2, 0.25) is 0 Å². The minimum absolute atomic E-state index is 0.0299. The van der Waals surface area contributed by atoms with Crippen LogP contribution in [0.25, 0.3) is 0 Å². The Hall–Kier alpha value is -2.45. The molecule has 1 atom stereocenters. The molecule has 122 valence electrons. The lowest BCUT2D eigenvalue weighted by Gasteiger charge is -2.15. The Morgan fingerprint density at radius 1 is 1.04 bits per heavy atom. The van der Waals surface area contributed by atoms with Gasteiger partial charge in [0.15, 0.2) is 0 Å². The fourth-order valence-electron chi connectivity index (χ4n) is 1.80. The van der Waals surface area contributed by atoms with Crippen LogP contribution in [-0.4, -0.2) is 19.6 Å². The number of nitrogens with zero attached hydrogens (tertiary/aromatic N) is 1. The highest BCUT2D eigenvalue weighted by molar-refractivity contribution is 7.86. The van der Waals surface area contributed by atoms with E-state index in [1.165, 1.54) is 43.3 Å². The van der Waals surface area contributed by atoms with Gasteiger partial charge in [0.1, 0.15) is 5.75 Å². The highest BCUT2D eigenvalue weighted by Gasteiger charge is 2.20. The number of benzene rings is 2. The maximum absolute atomic E-state index is 12.1. The molecule has 0 aliphatic heterocycles. The fourth-order valence-corrected chi connectivity index (χ4v) is 2.77. The van der Waals surface area contributed by atoms with E-state index in [0.29, 0.717) is 0 Å². The van der Waals surface area contributed by atoms with Gasteiger partial charge < -0.3 is 4.74 Å². The number of aryl methyl sites for hydroxylation is 1. The average molecular weight is 337 g/mol. The van der Waals surface area contributed by atoms with Crippen molar-refractivity contribution < 1.29 is 22.3 Å². The summed E-state index contributed by atoms with van der Waals surface area (Å²) in [5.74, 6) is 0.266. The predicted octanol–water partition coefficient (Wildman–Crippen LogP) is 3.03. The second-order valence-electron chi connectivity index (χ2n) is 4.80. The van der Waals surface area contributed by atoms with Crippen molar-refractivity contribution in [2.24, 2.45) is 0 Å². The van der Waals surface area contributed by atoms with Crippen molar-refractivity contribution in [3.8, 4) is 5.75 Å². The first-order valence-corrected chi connectivity index (χ1v) is 8.10. The van der Waals surface area contributed by atoms with Crippen molar-refractivity contribution in [3.63, 3.8) is 0 Å². The summed E-state index contributed by atoms with van der Waals surface area (Å²) >= 11 is 0. The monoisotopic (exact) mass is 337 g/mol. The van der Waals surface area contributed by atoms with Gasteiger partial charge >= 0.3 is 0 Å². The summed E-state index contributed by atoms with van der Waals surface area (Å²) in [7, 11) is -3.95. The zero-order chi connectivity index (χ0) is 17.0. The van der Waals surface area contributed by atoms with E-state index in [0.717, 1.165) is 5.56 Å². The normalized spacial score (nSPS) is 12.6. The van der Waals surface area contributed by atoms with Gasteiger partial charge in [0.25, 0.3) is 15.8 Å². The van der Waals surface area contributed by atoms with Crippen molar-refractivity contribution in [3.05, 3.63) is 64.2 Å². The topological polar surface area (TPSA) is 95.7 Å². The first-order valence-electron chi connectivity index (χ1n) is 6.69. The Balaban J connectivity index is 2.04. The molecule has 0 bridgehead atoms. The van der Waals surface area contributed by atoms with Gasteiger partial charge in [-0.3, -0.25) is 10.1 Å². The Labute approximate surface area is 133 Å². The van der Waals surface area contributed by atoms with Crippen molar-refractivity contribution in [1.82, 2.24) is 0 Å². The molecule has 0 saturated heterocycles. The second-order valence-corrected chi connectivity index (χ2v) is 6.37. The molecule has 7 nitrogen and oxygen atoms in total. The van der Waals surface area contributed by atoms with Gasteiger partial charge in [-0.05, 0) is 38.1 Å². The molecule has 23 heavy (non-hydrogen) atoms. The van der Waals surface area contributed by atoms with Crippen LogP contribution < -0.4 is 4.74 Å². The SMILES string of the molecule is Cc1ccc(S(=O)(=O)OC(C)Oc2ccc([N+](=O)[O-])cc2)cc1. The molecule has 0 amide bonds. The van der Waals surface area contributed by atoms with Crippen LogP contribution >= 0.6 is 0 Å². The lowest BCUT2D eigenvalue weighted by Crippen LogP contribution is -2.21. The van der Waals surface area contributed by atoms with Gasteiger partial charge in [0, 0.05) is 12.1 Å². The molecule has 0 heterocycles. The average Bonchev–Trinajstić information content (AvgIpc) is 2.47. The van der Waals surface area contributed by atoms with Crippen LogP contribution in [0.15, 0.2) is 53.4 Å². The summed E-state index contributed by atoms with van der Waals surface area (Å²) in [4.78, 5) is 10.1. The zero-order valence-corrected chi connectivity index (χ0v) is 13.3. The molecule has 0 radical (unpaired) electrons. The van der Waals surface area contributed by atoms with Gasteiger partial charge in [0.2, 0.25) is 6.29 Å². The van der Waals surface area contributed by atoms with E-state index in [1.807, 2.05) is 6.92 Å². The molecular formula is C15H15NO6S. The summed E-state index contributed by atoms with van der Waals surface area (Å²) in [6.45, 7) is 3.27. The molecular weight excluding hydrogens is 322 g/mol. The van der Waals surface area contributed by atoms with Gasteiger partial charge in [-0.1, -0.05) is 17.7 Å². The van der Waals surface area contributed by atoms with Crippen molar-refractivity contribution in [1.29, 1.82) is 0 Å². The van der Waals surface area contributed by atoms with Crippen LogP contribution in [0, 0.1) is 17.0 Å². The van der Waals surface area contributed by atoms with Gasteiger partial charge in [-0.15, -0.1) is 0 Å². The Kier molecular flexibility index (Phi) is 4.97. The highest BCUT2D eigenvalue weighted by atomic mass is 32.2. The molecule has 0 N–H and O–H groups in total. The van der Waals surface area contributed by atoms with E-state index in [4.69, 9.17) is 8.92 Å². The van der Waals surface area contributed by atoms with Crippen LogP contribution in [0.1, 0.15) is 12.5 Å². The van der Waals surface area contributed by atoms with Gasteiger partial charge in [-0.25, -0.2) is 4.18 Å². The van der Waals surface area contributed by atoms with Crippen LogP contribution in [-0.2, 0) is 14.3 Å². The first-order chi connectivity index (χ1) is 10.8. The van der Waals surface area contributed by atoms with E-state index in [-0.39, 0.29) is 16.3 Å². The lowest BCUT2D eigenvalue weighted by atomic mass is 10.2. The van der Waals surface area contributed by atoms with E-state index in [2.05, 4.69) is 0 Å². The number of non-ortho nitro benzene ring substituents is 1. The number of nitro benzene ring substituents is 1. The van der Waals surface area contributed by atoms with E-state index in [9.17, 15) is 18.5 Å². The third-order valence-corrected chi connectivity index (χ3v) is 4.30. The maximum atomic E-state index is 12.1. The first kappa shape index (κ1) is 16.9. The zero-order valence-electron chi connectivity index (χ0n) is 12.5. The minimum Gasteiger partial charge on any atom is -0.464 e. The summed E-state index contributed by atoms with van der Waals surface area (Å²) in [5.41, 5.74) is 0.845. The van der Waals surface area contributed by atoms with E-state index in [1.54, 1.807) is 12.1 Å². The molecule has 8 heteroatoms. The van der Waals surface area contributed by atoms with Gasteiger partial charge in [0.05, 0.1) is 9.82 Å². The van der Waals surface area contributed by atoms with Crippen molar-refractivity contribution in [2.75, 3.05) is 0 Å². The molecule has 0 spiro atoms. The quantitative estimate of drug-likeness (QED) is 0.348. The Morgan fingerprint density at radius 3 is 2.13 bits per heavy atom. The van der Waals surface area contributed by atoms with Crippen LogP contribution in [0.4, 0.5) is 5.69 Å². The summed E-state index contributed by atoms with van der Waals surface area (Å²) in [6.07, 6.45) is -1.08. The number of hydrogen-bond acceptors (Lipinski definition) is 6. The highest BCUT2D eigenvalue weighted by Crippen LogP contribution is 2.20. The summed E-state index contributed by atoms with van der Waals surface area (Å²) in [6, 6.07) is 11.5. The largest absolute Gasteiger partial charge is 0.464 e. The molecule has 0 aliphatic rings. The Bertz CT molecular complexity index is 784. The smallest absolute Gasteiger partial charge is 0.300 e. The van der Waals surface area contributed by atoms with Crippen molar-refractivity contribution in [2.45, 2.75) is 25.0 Å². The van der Waals surface area contributed by atoms with E-state index >= 15 is 0 Å². The minimum atomic E-state index is -3.95. The number of nitro groups is 1. The maximum Gasteiger partial charge on any atom is 0.300 e. The molecule has 0 fully saturated rings. The molecule has 2 aromatic rings. The third-order valence-electron chi connectivity index (χ3n) is 2.92. The molecule has 1 unspecified atom stereocenters. The molecule has 0 aromatic heterocycles. The predicted molar refractivity (Wildman–Crippen MR) is 82.6 cm³/mol. The number of hydrogen-bond donors (Lipinski definition) is 0. The van der Waals surface area contributed by atoms with Crippen LogP contribution in [0.5, 0.6) is 5.75 Å². The molecule has 0 aliphatic carbocycles. The molecule has 0 saturated carbocycles. The fraction of sp³-hybridized carbons (Fsp3) is 0.200. The second kappa shape index (κ2) is 6.76. The molecule has 2 aromatic carbocycles. The third kappa shape index (κ3) is 4.51. The van der Waals surface area contributed by atoms with Crippen LogP contribution in [0.3, 0.4) is 0 Å². The number of rotatable bonds is 6. The summed E-state index contributed by atoms with van der Waals surface area (Å²) in [5, 5.41) is 10.6.